The first-order chi connectivity index (χ1) is 17.2. The van der Waals surface area contributed by atoms with E-state index >= 15 is 0 Å². The van der Waals surface area contributed by atoms with Crippen molar-refractivity contribution in [1.82, 2.24) is 14.9 Å². The van der Waals surface area contributed by atoms with Gasteiger partial charge < -0.3 is 14.8 Å². The summed E-state index contributed by atoms with van der Waals surface area (Å²) in [6.07, 6.45) is 7.95. The number of carbonyl (C=O) groups excluding carboxylic acids is 1. The van der Waals surface area contributed by atoms with Gasteiger partial charge in [0, 0.05) is 66.9 Å². The van der Waals surface area contributed by atoms with Crippen molar-refractivity contribution < 1.29 is 14.3 Å². The highest BCUT2D eigenvalue weighted by Crippen LogP contribution is 2.25. The molecule has 7 nitrogen and oxygen atoms in total. The van der Waals surface area contributed by atoms with Gasteiger partial charge in [0.25, 0.3) is 0 Å². The second-order valence-corrected chi connectivity index (χ2v) is 8.64. The topological polar surface area (TPSA) is 76.6 Å². The van der Waals surface area contributed by atoms with E-state index < -0.39 is 5.97 Å². The van der Waals surface area contributed by atoms with Gasteiger partial charge in [-0.1, -0.05) is 24.3 Å². The third kappa shape index (κ3) is 5.94. The Hall–Kier alpha value is -3.97. The van der Waals surface area contributed by atoms with E-state index in [1.54, 1.807) is 18.3 Å². The second-order valence-electron chi connectivity index (χ2n) is 8.64. The van der Waals surface area contributed by atoms with Gasteiger partial charge in [0.2, 0.25) is 0 Å². The van der Waals surface area contributed by atoms with E-state index in [2.05, 4.69) is 56.6 Å². The molecule has 35 heavy (non-hydrogen) atoms. The number of aromatic nitrogens is 2. The monoisotopic (exact) mass is 468 g/mol. The minimum Gasteiger partial charge on any atom is -0.490 e. The summed E-state index contributed by atoms with van der Waals surface area (Å²) >= 11 is 0. The van der Waals surface area contributed by atoms with Crippen LogP contribution in [0.15, 0.2) is 85.5 Å². The highest BCUT2D eigenvalue weighted by atomic mass is 16.6. The van der Waals surface area contributed by atoms with Crippen LogP contribution in [0.2, 0.25) is 0 Å². The normalized spacial score (nSPS) is 15.7. The lowest BCUT2D eigenvalue weighted by molar-refractivity contribution is 0.0450. The van der Waals surface area contributed by atoms with Gasteiger partial charge in [-0.25, -0.2) is 4.79 Å². The molecule has 1 atom stereocenters. The lowest BCUT2D eigenvalue weighted by atomic mass is 10.1. The first kappa shape index (κ1) is 22.8. The zero-order valence-corrected chi connectivity index (χ0v) is 19.5. The SMILES string of the molecule is O=C(OCCOc1cccc(CN2CC[C@@H](Nc3cccc4cnccc34)C2)c1)c1cccnc1. The maximum atomic E-state index is 12.0. The Morgan fingerprint density at radius 2 is 1.91 bits per heavy atom. The molecule has 1 aliphatic heterocycles. The summed E-state index contributed by atoms with van der Waals surface area (Å²) in [6.45, 7) is 3.37. The van der Waals surface area contributed by atoms with Crippen LogP contribution < -0.4 is 10.1 Å². The summed E-state index contributed by atoms with van der Waals surface area (Å²) in [7, 11) is 0. The van der Waals surface area contributed by atoms with Gasteiger partial charge in [0.1, 0.15) is 19.0 Å². The van der Waals surface area contributed by atoms with E-state index in [9.17, 15) is 4.79 Å². The lowest BCUT2D eigenvalue weighted by Gasteiger charge is -2.19. The zero-order valence-electron chi connectivity index (χ0n) is 19.5. The molecule has 0 amide bonds. The van der Waals surface area contributed by atoms with Gasteiger partial charge in [0.15, 0.2) is 0 Å². The molecule has 4 aromatic rings. The summed E-state index contributed by atoms with van der Waals surface area (Å²) in [5.41, 5.74) is 2.80. The predicted octanol–water partition coefficient (Wildman–Crippen LogP) is 4.55. The molecule has 1 N–H and O–H groups in total. The van der Waals surface area contributed by atoms with E-state index in [1.165, 1.54) is 17.1 Å². The molecule has 7 heteroatoms. The average Bonchev–Trinajstić information content (AvgIpc) is 3.34. The molecule has 2 aromatic carbocycles. The predicted molar refractivity (Wildman–Crippen MR) is 136 cm³/mol. The first-order valence-electron chi connectivity index (χ1n) is 11.9. The number of hydrogen-bond acceptors (Lipinski definition) is 7. The summed E-state index contributed by atoms with van der Waals surface area (Å²) < 4.78 is 11.1. The number of carbonyl (C=O) groups is 1. The van der Waals surface area contributed by atoms with Gasteiger partial charge in [-0.15, -0.1) is 0 Å². The first-order valence-corrected chi connectivity index (χ1v) is 11.9. The molecule has 5 rings (SSSR count). The van der Waals surface area contributed by atoms with Gasteiger partial charge >= 0.3 is 5.97 Å². The van der Waals surface area contributed by atoms with Crippen molar-refractivity contribution in [3.05, 3.63) is 96.6 Å². The molecule has 1 saturated heterocycles. The number of ether oxygens (including phenoxy) is 2. The van der Waals surface area contributed by atoms with Crippen molar-refractivity contribution in [3.63, 3.8) is 0 Å². The highest BCUT2D eigenvalue weighted by molar-refractivity contribution is 5.93. The zero-order chi connectivity index (χ0) is 23.9. The van der Waals surface area contributed by atoms with Crippen LogP contribution in [-0.4, -0.2) is 53.2 Å². The fraction of sp³-hybridized carbons (Fsp3) is 0.250. The standard InChI is InChI=1S/C28H28N4O3/c33-28(23-6-3-11-29-18-23)35-15-14-34-25-7-1-4-21(16-25)19-32-13-10-24(20-32)31-27-8-2-5-22-17-30-12-9-26(22)27/h1-9,11-12,16-18,24,31H,10,13-15,19-20H2/t24-/m1/s1. The van der Waals surface area contributed by atoms with Crippen LogP contribution in [0.5, 0.6) is 5.75 Å². The largest absolute Gasteiger partial charge is 0.490 e. The van der Waals surface area contributed by atoms with E-state index in [-0.39, 0.29) is 6.61 Å². The molecule has 0 aliphatic carbocycles. The Morgan fingerprint density at radius 1 is 1.00 bits per heavy atom. The number of nitrogens with one attached hydrogen (secondary N) is 1. The molecular weight excluding hydrogens is 440 g/mol. The minimum absolute atomic E-state index is 0.182. The van der Waals surface area contributed by atoms with Gasteiger partial charge in [-0.3, -0.25) is 14.9 Å². The van der Waals surface area contributed by atoms with Crippen LogP contribution in [0.3, 0.4) is 0 Å². The van der Waals surface area contributed by atoms with E-state index in [0.29, 0.717) is 18.2 Å². The maximum Gasteiger partial charge on any atom is 0.339 e. The van der Waals surface area contributed by atoms with Crippen molar-refractivity contribution in [2.45, 2.75) is 19.0 Å². The van der Waals surface area contributed by atoms with Crippen LogP contribution >= 0.6 is 0 Å². The van der Waals surface area contributed by atoms with Crippen LogP contribution in [-0.2, 0) is 11.3 Å². The summed E-state index contributed by atoms with van der Waals surface area (Å²) in [4.78, 5) is 22.6. The third-order valence-electron chi connectivity index (χ3n) is 6.10. The summed E-state index contributed by atoms with van der Waals surface area (Å²) in [6, 6.07) is 20.3. The summed E-state index contributed by atoms with van der Waals surface area (Å²) in [5, 5.41) is 6.08. The van der Waals surface area contributed by atoms with Crippen molar-refractivity contribution in [2.24, 2.45) is 0 Å². The highest BCUT2D eigenvalue weighted by Gasteiger charge is 2.23. The fourth-order valence-electron chi connectivity index (χ4n) is 4.41. The number of anilines is 1. The molecule has 1 fully saturated rings. The van der Waals surface area contributed by atoms with E-state index in [1.807, 2.05) is 24.5 Å². The van der Waals surface area contributed by atoms with Crippen LogP contribution in [0, 0.1) is 0 Å². The van der Waals surface area contributed by atoms with Crippen LogP contribution in [0.25, 0.3) is 10.8 Å². The molecule has 0 saturated carbocycles. The number of benzene rings is 2. The number of fused-ring (bicyclic) bond motifs is 1. The number of nitrogens with zero attached hydrogens (tertiary/aromatic N) is 3. The molecule has 0 radical (unpaired) electrons. The number of likely N-dealkylation sites (tertiary alicyclic amines) is 1. The Bertz CT molecular complexity index is 1280. The molecule has 178 valence electrons. The Morgan fingerprint density at radius 3 is 2.83 bits per heavy atom. The van der Waals surface area contributed by atoms with Crippen molar-refractivity contribution in [2.75, 3.05) is 31.6 Å². The Balaban J connectivity index is 1.09. The van der Waals surface area contributed by atoms with E-state index in [0.717, 1.165) is 42.9 Å². The average molecular weight is 469 g/mol. The summed E-state index contributed by atoms with van der Waals surface area (Å²) in [5.74, 6) is 0.381. The van der Waals surface area contributed by atoms with Crippen molar-refractivity contribution in [1.29, 1.82) is 0 Å². The molecule has 0 spiro atoms. The van der Waals surface area contributed by atoms with Crippen molar-refractivity contribution >= 4 is 22.4 Å². The smallest absolute Gasteiger partial charge is 0.339 e. The number of esters is 1. The Kier molecular flexibility index (Phi) is 7.15. The fourth-order valence-corrected chi connectivity index (χ4v) is 4.41. The van der Waals surface area contributed by atoms with Gasteiger partial charge in [-0.05, 0) is 48.4 Å². The molecule has 2 aromatic heterocycles. The maximum absolute atomic E-state index is 12.0. The molecule has 0 unspecified atom stereocenters. The third-order valence-corrected chi connectivity index (χ3v) is 6.10. The lowest BCUT2D eigenvalue weighted by Crippen LogP contribution is -2.26. The van der Waals surface area contributed by atoms with E-state index in [4.69, 9.17) is 9.47 Å². The second kappa shape index (κ2) is 11.0. The van der Waals surface area contributed by atoms with Crippen molar-refractivity contribution in [3.8, 4) is 5.75 Å². The minimum atomic E-state index is -0.396. The molecule has 1 aliphatic rings. The van der Waals surface area contributed by atoms with Crippen LogP contribution in [0.1, 0.15) is 22.3 Å². The van der Waals surface area contributed by atoms with Crippen LogP contribution in [0.4, 0.5) is 5.69 Å². The molecule has 3 heterocycles. The van der Waals surface area contributed by atoms with Gasteiger partial charge in [-0.2, -0.15) is 0 Å². The number of rotatable bonds is 9. The molecular formula is C28H28N4O3. The number of pyridine rings is 2. The quantitative estimate of drug-likeness (QED) is 0.285. The molecule has 0 bridgehead atoms. The number of hydrogen-bond donors (Lipinski definition) is 1. The Labute approximate surface area is 204 Å². The van der Waals surface area contributed by atoms with Gasteiger partial charge in [0.05, 0.1) is 5.56 Å².